The molecule has 5 rings (SSSR count). The summed E-state index contributed by atoms with van der Waals surface area (Å²) in [7, 11) is 1.86. The highest BCUT2D eigenvalue weighted by Crippen LogP contribution is 2.47. The van der Waals surface area contributed by atoms with Crippen LogP contribution in [0.4, 0.5) is 11.8 Å². The Bertz CT molecular complexity index is 640. The van der Waals surface area contributed by atoms with Gasteiger partial charge in [0, 0.05) is 25.7 Å². The van der Waals surface area contributed by atoms with E-state index in [-0.39, 0.29) is 0 Å². The predicted octanol–water partition coefficient (Wildman–Crippen LogP) is 2.96. The molecule has 102 valence electrons. The van der Waals surface area contributed by atoms with E-state index >= 15 is 0 Å². The summed E-state index contributed by atoms with van der Waals surface area (Å²) in [4.78, 5) is 11.3. The fourth-order valence-corrected chi connectivity index (χ4v) is 3.62. The standard InChI is InChI=1S/C16H18N4/c1-17-16-18-9-8-15(19-16)20-10-11-6-7-14(20)13-5-3-2-4-12(11)13/h2-5,8-9,11,14H,6-7,10H2,1H3,(H,17,18,19)/t11-,14+/m1/s1. The Balaban J connectivity index is 1.75. The second kappa shape index (κ2) is 4.47. The maximum Gasteiger partial charge on any atom is 0.224 e. The lowest BCUT2D eigenvalue weighted by atomic mass is 9.75. The maximum absolute atomic E-state index is 4.61. The van der Waals surface area contributed by atoms with Gasteiger partial charge in [0.25, 0.3) is 0 Å². The van der Waals surface area contributed by atoms with Gasteiger partial charge in [0.15, 0.2) is 0 Å². The average molecular weight is 266 g/mol. The van der Waals surface area contributed by atoms with Gasteiger partial charge in [0.05, 0.1) is 6.04 Å². The van der Waals surface area contributed by atoms with Gasteiger partial charge in [-0.1, -0.05) is 24.3 Å². The topological polar surface area (TPSA) is 41.1 Å². The van der Waals surface area contributed by atoms with E-state index in [0.717, 1.165) is 12.4 Å². The Morgan fingerprint density at radius 3 is 2.85 bits per heavy atom. The first-order chi connectivity index (χ1) is 9.86. The van der Waals surface area contributed by atoms with Gasteiger partial charge in [-0.15, -0.1) is 0 Å². The number of hydrogen-bond donors (Lipinski definition) is 1. The molecule has 1 aliphatic carbocycles. The molecular weight excluding hydrogens is 248 g/mol. The number of nitrogens with one attached hydrogen (secondary N) is 1. The van der Waals surface area contributed by atoms with Crippen molar-refractivity contribution in [3.05, 3.63) is 47.7 Å². The van der Waals surface area contributed by atoms with Crippen molar-refractivity contribution in [3.63, 3.8) is 0 Å². The number of nitrogens with zero attached hydrogens (tertiary/aromatic N) is 3. The van der Waals surface area contributed by atoms with Crippen molar-refractivity contribution in [2.75, 3.05) is 23.8 Å². The summed E-state index contributed by atoms with van der Waals surface area (Å²) in [6, 6.07) is 11.4. The number of rotatable bonds is 2. The molecule has 0 saturated carbocycles. The summed E-state index contributed by atoms with van der Waals surface area (Å²) < 4.78 is 0. The second-order valence-electron chi connectivity index (χ2n) is 5.56. The molecule has 0 spiro atoms. The van der Waals surface area contributed by atoms with E-state index in [1.165, 1.54) is 18.4 Å². The van der Waals surface area contributed by atoms with Crippen LogP contribution in [0.3, 0.4) is 0 Å². The predicted molar refractivity (Wildman–Crippen MR) is 80.1 cm³/mol. The van der Waals surface area contributed by atoms with Crippen molar-refractivity contribution in [1.29, 1.82) is 0 Å². The summed E-state index contributed by atoms with van der Waals surface area (Å²) in [5.41, 5.74) is 3.03. The van der Waals surface area contributed by atoms with Crippen LogP contribution in [0.25, 0.3) is 0 Å². The van der Waals surface area contributed by atoms with E-state index in [4.69, 9.17) is 0 Å². The highest BCUT2D eigenvalue weighted by Gasteiger charge is 2.38. The molecule has 0 unspecified atom stereocenters. The largest absolute Gasteiger partial charge is 0.357 e. The monoisotopic (exact) mass is 266 g/mol. The average Bonchev–Trinajstić information content (AvgIpc) is 2.55. The Labute approximate surface area is 118 Å². The zero-order chi connectivity index (χ0) is 13.5. The second-order valence-corrected chi connectivity index (χ2v) is 5.56. The Hall–Kier alpha value is -2.10. The highest BCUT2D eigenvalue weighted by atomic mass is 15.3. The molecule has 1 aromatic carbocycles. The van der Waals surface area contributed by atoms with Crippen LogP contribution in [0.15, 0.2) is 36.5 Å². The normalized spacial score (nSPS) is 23.6. The fourth-order valence-electron chi connectivity index (χ4n) is 3.62. The molecule has 2 aromatic rings. The van der Waals surface area contributed by atoms with Gasteiger partial charge in [-0.3, -0.25) is 0 Å². The van der Waals surface area contributed by atoms with Gasteiger partial charge >= 0.3 is 0 Å². The summed E-state index contributed by atoms with van der Waals surface area (Å²) in [5, 5.41) is 3.02. The van der Waals surface area contributed by atoms with E-state index in [1.807, 2.05) is 19.3 Å². The zero-order valence-corrected chi connectivity index (χ0v) is 11.6. The number of anilines is 2. The molecule has 1 aromatic heterocycles. The van der Waals surface area contributed by atoms with Crippen LogP contribution < -0.4 is 10.2 Å². The number of piperidine rings is 1. The molecule has 20 heavy (non-hydrogen) atoms. The zero-order valence-electron chi connectivity index (χ0n) is 11.6. The molecule has 4 heteroatoms. The fraction of sp³-hybridized carbons (Fsp3) is 0.375. The number of benzene rings is 1. The lowest BCUT2D eigenvalue weighted by molar-refractivity contribution is 0.387. The molecule has 2 aliphatic heterocycles. The molecule has 2 atom stereocenters. The van der Waals surface area contributed by atoms with Crippen molar-refractivity contribution < 1.29 is 0 Å². The van der Waals surface area contributed by atoms with Gasteiger partial charge in [0.2, 0.25) is 5.95 Å². The minimum atomic E-state index is 0.468. The third kappa shape index (κ3) is 1.68. The third-order valence-electron chi connectivity index (χ3n) is 4.54. The van der Waals surface area contributed by atoms with Crippen molar-refractivity contribution in [3.8, 4) is 0 Å². The number of fused-ring (bicyclic) bond motifs is 2. The Morgan fingerprint density at radius 1 is 1.15 bits per heavy atom. The highest BCUT2D eigenvalue weighted by molar-refractivity contribution is 5.52. The molecular formula is C16H18N4. The lowest BCUT2D eigenvalue weighted by Crippen LogP contribution is -2.42. The van der Waals surface area contributed by atoms with Gasteiger partial charge in [-0.25, -0.2) is 4.98 Å². The molecule has 2 bridgehead atoms. The Kier molecular flexibility index (Phi) is 2.62. The summed E-state index contributed by atoms with van der Waals surface area (Å²) in [6.45, 7) is 1.07. The summed E-state index contributed by atoms with van der Waals surface area (Å²) >= 11 is 0. The van der Waals surface area contributed by atoms with E-state index in [1.54, 1.807) is 5.56 Å². The summed E-state index contributed by atoms with van der Waals surface area (Å²) in [5.74, 6) is 2.37. The molecule has 3 aliphatic rings. The lowest BCUT2D eigenvalue weighted by Gasteiger charge is -2.47. The molecule has 3 heterocycles. The van der Waals surface area contributed by atoms with Gasteiger partial charge in [-0.05, 0) is 30.0 Å². The van der Waals surface area contributed by atoms with Crippen LogP contribution >= 0.6 is 0 Å². The third-order valence-corrected chi connectivity index (χ3v) is 4.54. The molecule has 0 radical (unpaired) electrons. The van der Waals surface area contributed by atoms with E-state index in [0.29, 0.717) is 17.9 Å². The van der Waals surface area contributed by atoms with Crippen molar-refractivity contribution in [2.24, 2.45) is 0 Å². The van der Waals surface area contributed by atoms with Gasteiger partial charge in [-0.2, -0.15) is 4.98 Å². The van der Waals surface area contributed by atoms with Gasteiger partial charge < -0.3 is 10.2 Å². The van der Waals surface area contributed by atoms with Gasteiger partial charge in [0.1, 0.15) is 5.82 Å². The van der Waals surface area contributed by atoms with Crippen molar-refractivity contribution >= 4 is 11.8 Å². The van der Waals surface area contributed by atoms with Crippen molar-refractivity contribution in [2.45, 2.75) is 24.8 Å². The first kappa shape index (κ1) is 11.7. The molecule has 1 fully saturated rings. The number of hydrogen-bond acceptors (Lipinski definition) is 4. The smallest absolute Gasteiger partial charge is 0.224 e. The van der Waals surface area contributed by atoms with Crippen LogP contribution in [-0.2, 0) is 0 Å². The minimum Gasteiger partial charge on any atom is -0.357 e. The van der Waals surface area contributed by atoms with Crippen LogP contribution in [0, 0.1) is 0 Å². The van der Waals surface area contributed by atoms with Crippen molar-refractivity contribution in [1.82, 2.24) is 9.97 Å². The van der Waals surface area contributed by atoms with Crippen LogP contribution in [0.5, 0.6) is 0 Å². The summed E-state index contributed by atoms with van der Waals surface area (Å²) in [6.07, 6.45) is 4.35. The maximum atomic E-state index is 4.61. The SMILES string of the molecule is CNc1nccc(N2C[C@H]3CC[C@H]2c2ccccc23)n1. The first-order valence-corrected chi connectivity index (χ1v) is 7.23. The number of aromatic nitrogens is 2. The first-order valence-electron chi connectivity index (χ1n) is 7.23. The molecule has 1 N–H and O–H groups in total. The minimum absolute atomic E-state index is 0.468. The van der Waals surface area contributed by atoms with Crippen LogP contribution in [0.2, 0.25) is 0 Å². The van der Waals surface area contributed by atoms with E-state index in [9.17, 15) is 0 Å². The van der Waals surface area contributed by atoms with E-state index < -0.39 is 0 Å². The molecule has 4 nitrogen and oxygen atoms in total. The quantitative estimate of drug-likeness (QED) is 0.907. The van der Waals surface area contributed by atoms with E-state index in [2.05, 4.69) is 44.5 Å². The Morgan fingerprint density at radius 2 is 2.00 bits per heavy atom. The molecule has 1 saturated heterocycles. The molecule has 0 amide bonds. The van der Waals surface area contributed by atoms with Crippen LogP contribution in [-0.4, -0.2) is 23.6 Å². The van der Waals surface area contributed by atoms with Crippen LogP contribution in [0.1, 0.15) is 35.9 Å².